The van der Waals surface area contributed by atoms with Crippen LogP contribution >= 0.6 is 22.6 Å². The van der Waals surface area contributed by atoms with Gasteiger partial charge in [-0.3, -0.25) is 9.59 Å². The predicted molar refractivity (Wildman–Crippen MR) is 87.1 cm³/mol. The van der Waals surface area contributed by atoms with Gasteiger partial charge in [0.1, 0.15) is 5.60 Å². The summed E-state index contributed by atoms with van der Waals surface area (Å²) in [7, 11) is 0. The Bertz CT molecular complexity index is 733. The van der Waals surface area contributed by atoms with E-state index in [9.17, 15) is 14.7 Å². The van der Waals surface area contributed by atoms with Crippen LogP contribution in [0.25, 0.3) is 0 Å². The molecule has 2 bridgehead atoms. The first kappa shape index (κ1) is 14.3. The number of amides is 2. The van der Waals surface area contributed by atoms with Gasteiger partial charge in [0.25, 0.3) is 0 Å². The number of hydrogen-bond donors (Lipinski definition) is 1. The first-order valence-electron chi connectivity index (χ1n) is 7.07. The number of carbonyl (C=O) groups is 2. The molecule has 0 aliphatic carbocycles. The highest BCUT2D eigenvalue weighted by atomic mass is 127. The van der Waals surface area contributed by atoms with E-state index in [1.54, 1.807) is 31.2 Å². The molecule has 1 aromatic rings. The summed E-state index contributed by atoms with van der Waals surface area (Å²) in [6, 6.07) is 7.29. The normalized spacial score (nSPS) is 39.0. The molecule has 6 heteroatoms. The molecule has 4 atom stereocenters. The second-order valence-corrected chi connectivity index (χ2v) is 7.31. The number of halogens is 1. The van der Waals surface area contributed by atoms with Gasteiger partial charge in [0.05, 0.1) is 29.7 Å². The number of anilines is 1. The minimum absolute atomic E-state index is 0.249. The molecular formula is C16H14INO4. The van der Waals surface area contributed by atoms with Crippen LogP contribution in [0, 0.1) is 15.4 Å². The lowest BCUT2D eigenvalue weighted by atomic mass is 9.73. The molecule has 0 saturated carbocycles. The van der Waals surface area contributed by atoms with Crippen LogP contribution in [0.2, 0.25) is 0 Å². The molecule has 2 amide bonds. The Hall–Kier alpha value is -1.25. The standard InChI is InChI=1S/C16H14INO4/c1-15-6-7-16(8-19,22-15)12-11(15)13(20)18(14(12)21)10-5-3-2-4-9(10)17/h2-7,11-12,19H,8H2,1H3/t11-,12+,15+,16+/m1/s1. The molecule has 0 unspecified atom stereocenters. The van der Waals surface area contributed by atoms with Crippen LogP contribution in [-0.4, -0.2) is 34.7 Å². The van der Waals surface area contributed by atoms with Crippen molar-refractivity contribution in [2.24, 2.45) is 11.8 Å². The quantitative estimate of drug-likeness (QED) is 0.455. The number of hydrogen-bond acceptors (Lipinski definition) is 4. The Morgan fingerprint density at radius 2 is 1.91 bits per heavy atom. The Morgan fingerprint density at radius 1 is 1.23 bits per heavy atom. The number of carbonyl (C=O) groups excluding carboxylic acids is 2. The van der Waals surface area contributed by atoms with Crippen molar-refractivity contribution >= 4 is 40.1 Å². The SMILES string of the molecule is C[C@@]12C=C[C@@](CO)(O1)[C@@H]1C(=O)N(c3ccccc3I)C(=O)[C@@H]12. The zero-order valence-corrected chi connectivity index (χ0v) is 14.0. The van der Waals surface area contributed by atoms with Gasteiger partial charge >= 0.3 is 0 Å². The van der Waals surface area contributed by atoms with E-state index in [2.05, 4.69) is 22.6 Å². The van der Waals surface area contributed by atoms with E-state index >= 15 is 0 Å². The molecule has 1 aromatic carbocycles. The Labute approximate surface area is 141 Å². The van der Waals surface area contributed by atoms with Crippen molar-refractivity contribution in [2.45, 2.75) is 18.1 Å². The van der Waals surface area contributed by atoms with Crippen molar-refractivity contribution in [1.29, 1.82) is 0 Å². The van der Waals surface area contributed by atoms with Gasteiger partial charge in [-0.05, 0) is 41.6 Å². The summed E-state index contributed by atoms with van der Waals surface area (Å²) >= 11 is 2.11. The Kier molecular flexibility index (Phi) is 2.87. The number of fused-ring (bicyclic) bond motifs is 5. The average molecular weight is 411 g/mol. The van der Waals surface area contributed by atoms with Crippen LogP contribution in [0.5, 0.6) is 0 Å². The van der Waals surface area contributed by atoms with Crippen molar-refractivity contribution in [2.75, 3.05) is 11.5 Å². The zero-order valence-electron chi connectivity index (χ0n) is 11.8. The molecule has 3 heterocycles. The lowest BCUT2D eigenvalue weighted by Gasteiger charge is -2.27. The predicted octanol–water partition coefficient (Wildman–Crippen LogP) is 1.49. The van der Waals surface area contributed by atoms with E-state index in [0.717, 1.165) is 3.57 Å². The van der Waals surface area contributed by atoms with Crippen molar-refractivity contribution in [3.63, 3.8) is 0 Å². The molecule has 0 radical (unpaired) electrons. The van der Waals surface area contributed by atoms with Crippen molar-refractivity contribution in [3.8, 4) is 0 Å². The second-order valence-electron chi connectivity index (χ2n) is 6.15. The first-order valence-corrected chi connectivity index (χ1v) is 8.15. The number of aliphatic hydroxyl groups excluding tert-OH is 1. The van der Waals surface area contributed by atoms with E-state index in [4.69, 9.17) is 4.74 Å². The molecule has 0 aromatic heterocycles. The van der Waals surface area contributed by atoms with Gasteiger partial charge in [-0.1, -0.05) is 24.3 Å². The van der Waals surface area contributed by atoms with Gasteiger partial charge in [-0.25, -0.2) is 4.90 Å². The molecule has 4 rings (SSSR count). The summed E-state index contributed by atoms with van der Waals surface area (Å²) in [6.07, 6.45) is 3.54. The minimum Gasteiger partial charge on any atom is -0.393 e. The lowest BCUT2D eigenvalue weighted by Crippen LogP contribution is -2.43. The largest absolute Gasteiger partial charge is 0.393 e. The molecule has 3 aliphatic rings. The molecular weight excluding hydrogens is 397 g/mol. The van der Waals surface area contributed by atoms with Gasteiger partial charge in [-0.2, -0.15) is 0 Å². The first-order chi connectivity index (χ1) is 10.4. The molecule has 2 saturated heterocycles. The van der Waals surface area contributed by atoms with E-state index < -0.39 is 23.0 Å². The number of ether oxygens (including phenoxy) is 1. The fourth-order valence-electron chi connectivity index (χ4n) is 3.91. The van der Waals surface area contributed by atoms with Crippen molar-refractivity contribution < 1.29 is 19.4 Å². The van der Waals surface area contributed by atoms with Crippen LogP contribution in [0.15, 0.2) is 36.4 Å². The molecule has 114 valence electrons. The molecule has 0 spiro atoms. The molecule has 3 aliphatic heterocycles. The fourth-order valence-corrected chi connectivity index (χ4v) is 4.54. The number of rotatable bonds is 2. The second kappa shape index (κ2) is 4.39. The van der Waals surface area contributed by atoms with Gasteiger partial charge in [0, 0.05) is 3.57 Å². The summed E-state index contributed by atoms with van der Waals surface area (Å²) in [5, 5.41) is 9.76. The summed E-state index contributed by atoms with van der Waals surface area (Å²) in [6.45, 7) is 1.50. The van der Waals surface area contributed by atoms with Crippen LogP contribution in [-0.2, 0) is 14.3 Å². The van der Waals surface area contributed by atoms with Gasteiger partial charge in [0.15, 0.2) is 0 Å². The van der Waals surface area contributed by atoms with Crippen LogP contribution in [0.1, 0.15) is 6.92 Å². The monoisotopic (exact) mass is 411 g/mol. The smallest absolute Gasteiger partial charge is 0.241 e. The Balaban J connectivity index is 1.84. The van der Waals surface area contributed by atoms with Crippen molar-refractivity contribution in [1.82, 2.24) is 0 Å². The summed E-state index contributed by atoms with van der Waals surface area (Å²) in [5.74, 6) is -1.77. The van der Waals surface area contributed by atoms with Crippen LogP contribution in [0.3, 0.4) is 0 Å². The topological polar surface area (TPSA) is 66.8 Å². The number of aliphatic hydroxyl groups is 1. The van der Waals surface area contributed by atoms with Gasteiger partial charge < -0.3 is 9.84 Å². The third kappa shape index (κ3) is 1.55. The molecule has 2 fully saturated rings. The number of para-hydroxylation sites is 1. The Morgan fingerprint density at radius 3 is 2.59 bits per heavy atom. The number of nitrogens with zero attached hydrogens (tertiary/aromatic N) is 1. The maximum Gasteiger partial charge on any atom is 0.241 e. The third-order valence-electron chi connectivity index (χ3n) is 4.90. The summed E-state index contributed by atoms with van der Waals surface area (Å²) in [5.41, 5.74) is -1.29. The highest BCUT2D eigenvalue weighted by Gasteiger charge is 2.72. The highest BCUT2D eigenvalue weighted by molar-refractivity contribution is 14.1. The maximum atomic E-state index is 12.9. The van der Waals surface area contributed by atoms with E-state index in [0.29, 0.717) is 5.69 Å². The van der Waals surface area contributed by atoms with E-state index in [1.807, 2.05) is 12.1 Å². The summed E-state index contributed by atoms with van der Waals surface area (Å²) < 4.78 is 6.73. The van der Waals surface area contributed by atoms with Gasteiger partial charge in [0.2, 0.25) is 11.8 Å². The third-order valence-corrected chi connectivity index (χ3v) is 5.81. The minimum atomic E-state index is -1.07. The summed E-state index contributed by atoms with van der Waals surface area (Å²) in [4.78, 5) is 27.1. The van der Waals surface area contributed by atoms with Gasteiger partial charge in [-0.15, -0.1) is 0 Å². The number of benzene rings is 1. The zero-order chi connectivity index (χ0) is 15.7. The van der Waals surface area contributed by atoms with E-state index in [-0.39, 0.29) is 18.4 Å². The molecule has 5 nitrogen and oxygen atoms in total. The van der Waals surface area contributed by atoms with Crippen molar-refractivity contribution in [3.05, 3.63) is 40.0 Å². The fraction of sp³-hybridized carbons (Fsp3) is 0.375. The maximum absolute atomic E-state index is 12.9. The lowest BCUT2D eigenvalue weighted by molar-refractivity contribution is -0.131. The molecule has 1 N–H and O–H groups in total. The molecule has 22 heavy (non-hydrogen) atoms. The average Bonchev–Trinajstić information content (AvgIpc) is 3.07. The highest BCUT2D eigenvalue weighted by Crippen LogP contribution is 2.57. The van der Waals surface area contributed by atoms with Crippen LogP contribution < -0.4 is 4.90 Å². The van der Waals surface area contributed by atoms with E-state index in [1.165, 1.54) is 4.90 Å². The van der Waals surface area contributed by atoms with Crippen LogP contribution in [0.4, 0.5) is 5.69 Å². The number of imide groups is 1.